The van der Waals surface area contributed by atoms with Gasteiger partial charge in [-0.05, 0) is 39.0 Å². The fraction of sp³-hybridized carbons (Fsp3) is 1.00. The van der Waals surface area contributed by atoms with Crippen molar-refractivity contribution in [3.8, 4) is 0 Å². The van der Waals surface area contributed by atoms with Crippen molar-refractivity contribution in [1.29, 1.82) is 0 Å². The average Bonchev–Trinajstić information content (AvgIpc) is 2.26. The van der Waals surface area contributed by atoms with E-state index in [1.807, 2.05) is 0 Å². The van der Waals surface area contributed by atoms with Gasteiger partial charge in [0.2, 0.25) is 0 Å². The van der Waals surface area contributed by atoms with E-state index >= 15 is 0 Å². The molecule has 1 unspecified atom stereocenters. The molecule has 0 aliphatic carbocycles. The Balaban J connectivity index is 2.72. The molecule has 0 radical (unpaired) electrons. The molecular formula is C16H32BrNO. The second kappa shape index (κ2) is 7.42. The van der Waals surface area contributed by atoms with Crippen molar-refractivity contribution in [1.82, 2.24) is 4.90 Å². The highest BCUT2D eigenvalue weighted by Gasteiger charge is 2.36. The standard InChI is InChI=1S/C16H32BrNO/c1-6-8-16(11-17,9-7-2)13-18-10-14(3)19-15(4,5)12-18/h14H,6-13H2,1-5H3. The van der Waals surface area contributed by atoms with Crippen LogP contribution in [-0.4, -0.2) is 41.6 Å². The van der Waals surface area contributed by atoms with E-state index in [-0.39, 0.29) is 5.60 Å². The van der Waals surface area contributed by atoms with Gasteiger partial charge < -0.3 is 4.74 Å². The van der Waals surface area contributed by atoms with Crippen molar-refractivity contribution in [2.45, 2.75) is 72.0 Å². The van der Waals surface area contributed by atoms with Crippen LogP contribution in [0.25, 0.3) is 0 Å². The molecule has 0 N–H and O–H groups in total. The highest BCUT2D eigenvalue weighted by atomic mass is 79.9. The Morgan fingerprint density at radius 3 is 2.26 bits per heavy atom. The molecule has 0 saturated carbocycles. The van der Waals surface area contributed by atoms with Gasteiger partial charge in [0.15, 0.2) is 0 Å². The van der Waals surface area contributed by atoms with E-state index in [0.717, 1.165) is 18.4 Å². The van der Waals surface area contributed by atoms with Gasteiger partial charge in [0.25, 0.3) is 0 Å². The van der Waals surface area contributed by atoms with Gasteiger partial charge in [0, 0.05) is 25.0 Å². The molecular weight excluding hydrogens is 302 g/mol. The van der Waals surface area contributed by atoms with Gasteiger partial charge in [0.1, 0.15) is 0 Å². The van der Waals surface area contributed by atoms with Crippen LogP contribution in [0.15, 0.2) is 0 Å². The molecule has 0 bridgehead atoms. The Morgan fingerprint density at radius 2 is 1.84 bits per heavy atom. The molecule has 0 spiro atoms. The number of halogens is 1. The maximum atomic E-state index is 6.02. The molecule has 0 aromatic rings. The molecule has 0 amide bonds. The molecule has 0 aromatic heterocycles. The van der Waals surface area contributed by atoms with Crippen LogP contribution >= 0.6 is 15.9 Å². The van der Waals surface area contributed by atoms with Crippen molar-refractivity contribution in [3.63, 3.8) is 0 Å². The summed E-state index contributed by atoms with van der Waals surface area (Å²) in [5.41, 5.74) is 0.435. The molecule has 3 heteroatoms. The molecule has 1 heterocycles. The monoisotopic (exact) mass is 333 g/mol. The van der Waals surface area contributed by atoms with Crippen LogP contribution < -0.4 is 0 Å². The fourth-order valence-electron chi connectivity index (χ4n) is 3.70. The Hall–Kier alpha value is 0.400. The minimum Gasteiger partial charge on any atom is -0.370 e. The summed E-state index contributed by atoms with van der Waals surface area (Å²) in [5.74, 6) is 0. The minimum atomic E-state index is -0.00580. The van der Waals surface area contributed by atoms with Crippen molar-refractivity contribution in [2.75, 3.05) is 25.0 Å². The van der Waals surface area contributed by atoms with E-state index in [4.69, 9.17) is 4.74 Å². The lowest BCUT2D eigenvalue weighted by Gasteiger charge is -2.46. The summed E-state index contributed by atoms with van der Waals surface area (Å²) >= 11 is 3.79. The van der Waals surface area contributed by atoms with Crippen LogP contribution in [0.2, 0.25) is 0 Å². The smallest absolute Gasteiger partial charge is 0.0757 e. The first-order valence-electron chi connectivity index (χ1n) is 7.82. The molecule has 1 aliphatic rings. The van der Waals surface area contributed by atoms with E-state index in [1.54, 1.807) is 0 Å². The van der Waals surface area contributed by atoms with Crippen molar-refractivity contribution in [3.05, 3.63) is 0 Å². The number of hydrogen-bond acceptors (Lipinski definition) is 2. The van der Waals surface area contributed by atoms with Crippen molar-refractivity contribution < 1.29 is 4.74 Å². The minimum absolute atomic E-state index is 0.00580. The number of ether oxygens (including phenoxy) is 1. The van der Waals surface area contributed by atoms with Gasteiger partial charge in [0.05, 0.1) is 11.7 Å². The molecule has 1 saturated heterocycles. The van der Waals surface area contributed by atoms with Crippen LogP contribution in [0.5, 0.6) is 0 Å². The van der Waals surface area contributed by atoms with Crippen molar-refractivity contribution >= 4 is 15.9 Å². The van der Waals surface area contributed by atoms with Gasteiger partial charge in [-0.15, -0.1) is 0 Å². The third-order valence-corrected chi connectivity index (χ3v) is 5.23. The van der Waals surface area contributed by atoms with Gasteiger partial charge in [-0.2, -0.15) is 0 Å². The van der Waals surface area contributed by atoms with Crippen LogP contribution in [0.1, 0.15) is 60.3 Å². The molecule has 2 nitrogen and oxygen atoms in total. The van der Waals surface area contributed by atoms with Crippen LogP contribution in [-0.2, 0) is 4.74 Å². The summed E-state index contributed by atoms with van der Waals surface area (Å²) in [6.45, 7) is 14.6. The zero-order chi connectivity index (χ0) is 14.5. The first-order valence-corrected chi connectivity index (χ1v) is 8.94. The third kappa shape index (κ3) is 5.35. The molecule has 114 valence electrons. The number of hydrogen-bond donors (Lipinski definition) is 0. The highest BCUT2D eigenvalue weighted by molar-refractivity contribution is 9.09. The van der Waals surface area contributed by atoms with E-state index in [2.05, 4.69) is 55.4 Å². The topological polar surface area (TPSA) is 12.5 Å². The highest BCUT2D eigenvalue weighted by Crippen LogP contribution is 2.34. The average molecular weight is 334 g/mol. The first kappa shape index (κ1) is 17.5. The van der Waals surface area contributed by atoms with Gasteiger partial charge in [-0.3, -0.25) is 4.90 Å². The predicted octanol–water partition coefficient (Wildman–Crippen LogP) is 4.47. The number of rotatable bonds is 7. The number of alkyl halides is 1. The van der Waals surface area contributed by atoms with E-state index in [0.29, 0.717) is 11.5 Å². The lowest BCUT2D eigenvalue weighted by Crippen LogP contribution is -2.54. The molecule has 0 aromatic carbocycles. The predicted molar refractivity (Wildman–Crippen MR) is 87.1 cm³/mol. The maximum absolute atomic E-state index is 6.02. The molecule has 1 fully saturated rings. The zero-order valence-electron chi connectivity index (χ0n) is 13.5. The number of morpholine rings is 1. The van der Waals surface area contributed by atoms with Gasteiger partial charge >= 0.3 is 0 Å². The van der Waals surface area contributed by atoms with E-state index < -0.39 is 0 Å². The fourth-order valence-corrected chi connectivity index (χ4v) is 4.44. The summed E-state index contributed by atoms with van der Waals surface area (Å²) in [7, 11) is 0. The Bertz CT molecular complexity index is 261. The van der Waals surface area contributed by atoms with Gasteiger partial charge in [-0.1, -0.05) is 42.6 Å². The number of nitrogens with zero attached hydrogens (tertiary/aromatic N) is 1. The molecule has 1 atom stereocenters. The van der Waals surface area contributed by atoms with Crippen LogP contribution in [0.3, 0.4) is 0 Å². The summed E-state index contributed by atoms with van der Waals surface area (Å²) in [5, 5.41) is 1.12. The summed E-state index contributed by atoms with van der Waals surface area (Å²) < 4.78 is 6.02. The second-order valence-corrected chi connectivity index (χ2v) is 7.55. The van der Waals surface area contributed by atoms with Crippen molar-refractivity contribution in [2.24, 2.45) is 5.41 Å². The summed E-state index contributed by atoms with van der Waals surface area (Å²) in [4.78, 5) is 2.63. The third-order valence-electron chi connectivity index (χ3n) is 4.04. The van der Waals surface area contributed by atoms with Crippen LogP contribution in [0.4, 0.5) is 0 Å². The SMILES string of the molecule is CCCC(CBr)(CCC)CN1CC(C)OC(C)(C)C1. The first-order chi connectivity index (χ1) is 8.86. The maximum Gasteiger partial charge on any atom is 0.0757 e. The van der Waals surface area contributed by atoms with Gasteiger partial charge in [-0.25, -0.2) is 0 Å². The van der Waals surface area contributed by atoms with E-state index in [9.17, 15) is 0 Å². The molecule has 19 heavy (non-hydrogen) atoms. The quantitative estimate of drug-likeness (QED) is 0.637. The zero-order valence-corrected chi connectivity index (χ0v) is 15.1. The normalized spacial score (nSPS) is 24.6. The second-order valence-electron chi connectivity index (χ2n) is 6.99. The van der Waals surface area contributed by atoms with E-state index in [1.165, 1.54) is 32.2 Å². The lowest BCUT2D eigenvalue weighted by atomic mass is 9.80. The Labute approximate surface area is 128 Å². The Morgan fingerprint density at radius 1 is 1.26 bits per heavy atom. The Kier molecular flexibility index (Phi) is 6.82. The van der Waals surface area contributed by atoms with Crippen LogP contribution in [0, 0.1) is 5.41 Å². The summed E-state index contributed by atoms with van der Waals surface area (Å²) in [6.07, 6.45) is 5.53. The lowest BCUT2D eigenvalue weighted by molar-refractivity contribution is -0.134. The molecule has 1 rings (SSSR count). The molecule has 1 aliphatic heterocycles. The largest absolute Gasteiger partial charge is 0.370 e. The summed E-state index contributed by atoms with van der Waals surface area (Å²) in [6, 6.07) is 0.